The van der Waals surface area contributed by atoms with Gasteiger partial charge in [-0.1, -0.05) is 84.5 Å². The number of halogens is 5. The molecule has 27 nitrogen and oxygen atoms in total. The lowest BCUT2D eigenvalue weighted by atomic mass is 9.91. The quantitative estimate of drug-likeness (QED) is 0.0488. The molecule has 13 heterocycles. The van der Waals surface area contributed by atoms with E-state index in [1.54, 1.807) is 55.7 Å². The van der Waals surface area contributed by atoms with Gasteiger partial charge in [-0.3, -0.25) is 29.3 Å². The predicted molar refractivity (Wildman–Crippen MR) is 478 cm³/mol. The first-order valence-electron chi connectivity index (χ1n) is 42.2. The zero-order chi connectivity index (χ0) is 89.7. The zero-order valence-electron chi connectivity index (χ0n) is 72.5. The summed E-state index contributed by atoms with van der Waals surface area (Å²) in [7, 11) is 3.69. The maximum absolute atomic E-state index is 15.8. The van der Waals surface area contributed by atoms with E-state index in [9.17, 15) is 43.4 Å². The lowest BCUT2D eigenvalue weighted by molar-refractivity contribution is -0.127. The van der Waals surface area contributed by atoms with Crippen LogP contribution in [0.2, 0.25) is 5.02 Å². The number of piperazine rings is 2. The molecule has 6 aliphatic heterocycles. The number of nitrogens with two attached hydrogens (primary N) is 1. The Morgan fingerprint density at radius 1 is 0.552 bits per heavy atom. The van der Waals surface area contributed by atoms with Crippen LogP contribution in [0.1, 0.15) is 167 Å². The molecule has 16 rings (SSSR count). The average Bonchev–Trinajstić information content (AvgIpc) is 0.815. The molecule has 32 heteroatoms. The van der Waals surface area contributed by atoms with E-state index in [2.05, 4.69) is 57.8 Å². The Kier molecular flexibility index (Phi) is 25.6. The second-order valence-electron chi connectivity index (χ2n) is 33.7. The molecule has 0 radical (unpaired) electrons. The van der Waals surface area contributed by atoms with Gasteiger partial charge in [0.05, 0.1) is 67.8 Å². The Bertz CT molecular complexity index is 6130. The maximum Gasteiger partial charge on any atom is 0.355 e. The third-order valence-electron chi connectivity index (χ3n) is 24.7. The van der Waals surface area contributed by atoms with Gasteiger partial charge in [-0.2, -0.15) is 15.0 Å². The fourth-order valence-corrected chi connectivity index (χ4v) is 18.7. The number of rotatable bonds is 15. The Labute approximate surface area is 727 Å². The molecule has 7 aromatic heterocycles. The SMILES string of the molecule is C=CC(=O)N1CCN(c2nc(=O)n(-c3c(C)ccnc3C(C)C)c3c2CCC(c2c(N)ccc(Cl)c2F)N3C)[C@@H](C)C1.C=CC(=O)N1CCN(c2nc(=O)n(-c3c(C)ccnc3C(C)C)c3c2CCC(c2c(O)cccc2F)N3C)[C@@H](C)C1.Cc1ccnc(C(C)C)c1-n1c(=O)nc(N2CCC(N3CC=CC3=O)CC2)c2cc(F)c(-c3c(O)cccc3F)nc21. The van der Waals surface area contributed by atoms with Crippen molar-refractivity contribution < 1.29 is 42.2 Å². The van der Waals surface area contributed by atoms with Crippen molar-refractivity contribution in [3.63, 3.8) is 0 Å². The van der Waals surface area contributed by atoms with E-state index in [1.165, 1.54) is 59.2 Å². The van der Waals surface area contributed by atoms with Gasteiger partial charge in [-0.15, -0.1) is 0 Å². The fraction of sp³-hybridized carbons (Fsp3) is 0.387. The van der Waals surface area contributed by atoms with E-state index in [4.69, 9.17) is 17.3 Å². The smallest absolute Gasteiger partial charge is 0.355 e. The molecule has 0 spiro atoms. The van der Waals surface area contributed by atoms with Crippen LogP contribution in [0.3, 0.4) is 0 Å². The molecule has 125 heavy (non-hydrogen) atoms. The van der Waals surface area contributed by atoms with Gasteiger partial charge in [-0.05, 0) is 180 Å². The number of amides is 3. The number of hydrogen-bond donors (Lipinski definition) is 3. The van der Waals surface area contributed by atoms with Gasteiger partial charge in [0.1, 0.15) is 63.7 Å². The van der Waals surface area contributed by atoms with E-state index >= 15 is 13.2 Å². The minimum Gasteiger partial charge on any atom is -0.507 e. The Hall–Kier alpha value is -12.8. The standard InChI is InChI=1S/C31H37ClFN7O2.C31H30F2N6O3.C31H37FN6O3/c1-7-24(41)38-14-15-39(19(5)16-38)29-20-8-11-23(25-22(34)10-9-21(32)26(25)33)37(6)30(20)40(31(42)36-29)28-18(4)12-13-35-27(28)17(2)3;1-17(2)26-28(18(3)9-12-34-26)39-30-20(16-22(33)27(35-30)25-21(32)6-4-7-23(25)40)29(36-31(39)42)37-14-10-19(11-15-37)38-13-5-8-24(38)41;1-7-25(40)36-15-16-37(20(5)17-36)29-21-11-12-23(26-22(32)9-8-10-24(26)39)35(6)30(21)38(31(41)34-29)28-19(4)13-14-33-27(28)18(2)3/h7,9-10,12-13,17,19,23H,1,8,11,14-16,34H2,2-6H3;4-9,12,16-17,19,40H,10-11,13-15H2,1-3H3;7-10,13-14,18,20,23,39H,1,11-12,15-17H2,2-6H3/t19-,23?;;20-,23?/m0.0/s1. The highest BCUT2D eigenvalue weighted by Gasteiger charge is 2.42. The summed E-state index contributed by atoms with van der Waals surface area (Å²) in [5, 5.41) is 21.4. The van der Waals surface area contributed by atoms with Gasteiger partial charge < -0.3 is 55.1 Å². The zero-order valence-corrected chi connectivity index (χ0v) is 73.2. The van der Waals surface area contributed by atoms with E-state index in [-0.39, 0.29) is 86.8 Å². The van der Waals surface area contributed by atoms with Crippen LogP contribution >= 0.6 is 11.6 Å². The normalized spacial score (nSPS) is 17.9. The number of piperidine rings is 1. The molecule has 2 unspecified atom stereocenters. The highest BCUT2D eigenvalue weighted by atomic mass is 35.5. The molecule has 4 N–H and O–H groups in total. The topological polar surface area (TPSA) is 300 Å². The van der Waals surface area contributed by atoms with Crippen LogP contribution in [0.5, 0.6) is 11.5 Å². The summed E-state index contributed by atoms with van der Waals surface area (Å²) >= 11 is 6.21. The molecular formula is C93H104ClF4N19O8. The van der Waals surface area contributed by atoms with Gasteiger partial charge in [0, 0.05) is 138 Å². The summed E-state index contributed by atoms with van der Waals surface area (Å²) in [5.41, 5.74) is 13.0. The van der Waals surface area contributed by atoms with Crippen molar-refractivity contribution in [1.29, 1.82) is 0 Å². The number of nitrogen functional groups attached to an aromatic ring is 1. The fourth-order valence-electron chi connectivity index (χ4n) is 18.5. The van der Waals surface area contributed by atoms with Crippen molar-refractivity contribution in [2.75, 3.05) is 103 Å². The van der Waals surface area contributed by atoms with Crippen LogP contribution in [0.25, 0.3) is 39.4 Å². The van der Waals surface area contributed by atoms with Crippen LogP contribution in [0, 0.1) is 44.0 Å². The Morgan fingerprint density at radius 3 is 1.46 bits per heavy atom. The first-order chi connectivity index (χ1) is 59.6. The summed E-state index contributed by atoms with van der Waals surface area (Å²) in [4.78, 5) is 126. The number of benzene rings is 3. The minimum absolute atomic E-state index is 0.00262. The number of nitrogens with zero attached hydrogens (tertiary/aromatic N) is 18. The number of anilines is 6. The third-order valence-corrected chi connectivity index (χ3v) is 25.0. The number of fused-ring (bicyclic) bond motifs is 3. The number of aromatic nitrogens is 10. The van der Waals surface area contributed by atoms with E-state index < -0.39 is 69.4 Å². The number of pyridine rings is 4. The number of aromatic hydroxyl groups is 2. The largest absolute Gasteiger partial charge is 0.507 e. The van der Waals surface area contributed by atoms with Gasteiger partial charge in [0.15, 0.2) is 11.5 Å². The van der Waals surface area contributed by atoms with Crippen LogP contribution in [0.4, 0.5) is 52.3 Å². The van der Waals surface area contributed by atoms with Crippen LogP contribution < -0.4 is 47.3 Å². The summed E-state index contributed by atoms with van der Waals surface area (Å²) in [5.74, 6) is -0.978. The number of phenolic OH excluding ortho intramolecular Hbond substituents is 2. The number of aryl methyl sites for hydroxylation is 3. The van der Waals surface area contributed by atoms with Gasteiger partial charge in [0.25, 0.3) is 0 Å². The second-order valence-corrected chi connectivity index (χ2v) is 34.1. The molecule has 6 aliphatic rings. The van der Waals surface area contributed by atoms with E-state index in [0.29, 0.717) is 155 Å². The highest BCUT2D eigenvalue weighted by molar-refractivity contribution is 6.31. The van der Waals surface area contributed by atoms with Crippen molar-refractivity contribution >= 4 is 75.1 Å². The van der Waals surface area contributed by atoms with Crippen molar-refractivity contribution in [2.45, 2.75) is 163 Å². The Balaban J connectivity index is 0.000000152. The van der Waals surface area contributed by atoms with Crippen molar-refractivity contribution in [1.82, 2.24) is 63.3 Å². The molecular weight excluding hydrogens is 1620 g/mol. The lowest BCUT2D eigenvalue weighted by Crippen LogP contribution is -2.54. The summed E-state index contributed by atoms with van der Waals surface area (Å²) in [6.45, 7) is 33.5. The molecule has 654 valence electrons. The third kappa shape index (κ3) is 16.7. The molecule has 3 aromatic carbocycles. The van der Waals surface area contributed by atoms with Crippen LogP contribution in [-0.4, -0.2) is 182 Å². The molecule has 0 bridgehead atoms. The first kappa shape index (κ1) is 88.5. The van der Waals surface area contributed by atoms with Crippen molar-refractivity contribution in [3.8, 4) is 39.8 Å². The summed E-state index contributed by atoms with van der Waals surface area (Å²) in [6.07, 6.45) is 14.6. The maximum atomic E-state index is 15.8. The molecule has 3 fully saturated rings. The number of carbonyl (C=O) groups is 3. The van der Waals surface area contributed by atoms with E-state index in [0.717, 1.165) is 45.3 Å². The van der Waals surface area contributed by atoms with Crippen molar-refractivity contribution in [2.24, 2.45) is 0 Å². The number of hydrogen-bond acceptors (Lipinski definition) is 21. The number of phenols is 2. The van der Waals surface area contributed by atoms with Gasteiger partial charge in [-0.25, -0.2) is 50.6 Å². The predicted octanol–water partition coefficient (Wildman–Crippen LogP) is 13.7. The lowest BCUT2D eigenvalue weighted by Gasteiger charge is -2.44. The summed E-state index contributed by atoms with van der Waals surface area (Å²) < 4.78 is 65.9. The van der Waals surface area contributed by atoms with Crippen molar-refractivity contribution in [3.05, 3.63) is 245 Å². The first-order valence-corrected chi connectivity index (χ1v) is 42.6. The summed E-state index contributed by atoms with van der Waals surface area (Å²) in [6, 6.07) is 16.6. The highest BCUT2D eigenvalue weighted by Crippen LogP contribution is 2.49. The van der Waals surface area contributed by atoms with E-state index in [1.807, 2.05) is 128 Å². The monoisotopic (exact) mass is 1730 g/mol. The molecule has 3 amide bonds. The second kappa shape index (κ2) is 36.2. The molecule has 0 saturated carbocycles. The molecule has 10 aromatic rings. The van der Waals surface area contributed by atoms with Crippen LogP contribution in [-0.2, 0) is 27.2 Å². The molecule has 4 atom stereocenters. The average molecular weight is 1730 g/mol. The minimum atomic E-state index is -0.869. The molecule has 0 aliphatic carbocycles. The van der Waals surface area contributed by atoms with Crippen LogP contribution in [0.15, 0.2) is 143 Å². The number of carbonyl (C=O) groups excluding carboxylic acids is 3. The molecule has 3 saturated heterocycles. The van der Waals surface area contributed by atoms with Gasteiger partial charge >= 0.3 is 17.1 Å². The Morgan fingerprint density at radius 2 is 1.01 bits per heavy atom. The van der Waals surface area contributed by atoms with Gasteiger partial charge in [0.2, 0.25) is 17.7 Å².